The Morgan fingerprint density at radius 1 is 1.40 bits per heavy atom. The average Bonchev–Trinajstić information content (AvgIpc) is 2.24. The third kappa shape index (κ3) is 1.85. The van der Waals surface area contributed by atoms with Crippen molar-refractivity contribution < 1.29 is 9.13 Å². The van der Waals surface area contributed by atoms with Crippen LogP contribution in [0.4, 0.5) is 4.39 Å². The molecule has 0 saturated carbocycles. The Bertz CT molecular complexity index is 504. The Hall–Kier alpha value is -1.42. The van der Waals surface area contributed by atoms with Gasteiger partial charge in [0.25, 0.3) is 0 Å². The fourth-order valence-corrected chi connectivity index (χ4v) is 1.48. The fraction of sp³-hybridized carbons (Fsp3) is 0.200. The summed E-state index contributed by atoms with van der Waals surface area (Å²) in [6.07, 6.45) is 2.57. The molecule has 0 unspecified atom stereocenters. The van der Waals surface area contributed by atoms with Gasteiger partial charge in [0.1, 0.15) is 11.3 Å². The Kier molecular flexibility index (Phi) is 2.68. The van der Waals surface area contributed by atoms with Gasteiger partial charge in [-0.25, -0.2) is 14.4 Å². The largest absolute Gasteiger partial charge is 0.492 e. The van der Waals surface area contributed by atoms with Crippen molar-refractivity contribution in [1.82, 2.24) is 9.97 Å². The molecule has 5 heteroatoms. The second-order valence-corrected chi connectivity index (χ2v) is 3.26. The first kappa shape index (κ1) is 10.1. The lowest BCUT2D eigenvalue weighted by atomic mass is 10.2. The summed E-state index contributed by atoms with van der Waals surface area (Å²) in [5, 5.41) is 0.510. The third-order valence-electron chi connectivity index (χ3n) is 1.92. The van der Waals surface area contributed by atoms with Gasteiger partial charge in [0.15, 0.2) is 11.0 Å². The van der Waals surface area contributed by atoms with E-state index >= 15 is 0 Å². The van der Waals surface area contributed by atoms with E-state index in [0.717, 1.165) is 6.20 Å². The SMILES string of the molecule is CCOc1cnc2c(Cl)ncc(F)c2c1. The highest BCUT2D eigenvalue weighted by Gasteiger charge is 2.08. The number of halogens is 2. The van der Waals surface area contributed by atoms with E-state index in [2.05, 4.69) is 9.97 Å². The molecule has 0 aliphatic rings. The summed E-state index contributed by atoms with van der Waals surface area (Å²) in [4.78, 5) is 7.67. The lowest BCUT2D eigenvalue weighted by Gasteiger charge is -2.04. The highest BCUT2D eigenvalue weighted by atomic mass is 35.5. The number of aromatic nitrogens is 2. The maximum atomic E-state index is 13.4. The minimum absolute atomic E-state index is 0.189. The van der Waals surface area contributed by atoms with Crippen LogP contribution in [-0.2, 0) is 0 Å². The molecule has 0 spiro atoms. The van der Waals surface area contributed by atoms with Crippen LogP contribution in [0.15, 0.2) is 18.5 Å². The van der Waals surface area contributed by atoms with Crippen LogP contribution in [-0.4, -0.2) is 16.6 Å². The Morgan fingerprint density at radius 2 is 2.20 bits per heavy atom. The Morgan fingerprint density at radius 3 is 2.93 bits per heavy atom. The van der Waals surface area contributed by atoms with E-state index in [9.17, 15) is 4.39 Å². The van der Waals surface area contributed by atoms with Crippen molar-refractivity contribution in [3.05, 3.63) is 29.4 Å². The molecule has 0 amide bonds. The summed E-state index contributed by atoms with van der Waals surface area (Å²) in [6.45, 7) is 2.35. The first-order valence-corrected chi connectivity index (χ1v) is 4.82. The van der Waals surface area contributed by atoms with Crippen molar-refractivity contribution in [2.45, 2.75) is 6.92 Å². The number of hydrogen-bond donors (Lipinski definition) is 0. The minimum Gasteiger partial charge on any atom is -0.492 e. The molecule has 0 radical (unpaired) electrons. The Labute approximate surface area is 90.9 Å². The zero-order valence-electron chi connectivity index (χ0n) is 8.00. The summed E-state index contributed by atoms with van der Waals surface area (Å²) in [7, 11) is 0. The topological polar surface area (TPSA) is 35.0 Å². The van der Waals surface area contributed by atoms with Crippen molar-refractivity contribution in [1.29, 1.82) is 0 Å². The lowest BCUT2D eigenvalue weighted by Crippen LogP contribution is -1.94. The standard InChI is InChI=1S/C10H8ClFN2O/c1-2-15-6-3-7-8(12)5-14-10(11)9(7)13-4-6/h3-5H,2H2,1H3. The molecule has 0 aromatic carbocycles. The number of nitrogens with zero attached hydrogens (tertiary/aromatic N) is 2. The van der Waals surface area contributed by atoms with Crippen molar-refractivity contribution in [3.8, 4) is 5.75 Å². The normalized spacial score (nSPS) is 10.6. The third-order valence-corrected chi connectivity index (χ3v) is 2.19. The molecule has 2 rings (SSSR count). The van der Waals surface area contributed by atoms with Crippen LogP contribution in [0.3, 0.4) is 0 Å². The average molecular weight is 227 g/mol. The van der Waals surface area contributed by atoms with Gasteiger partial charge in [-0.1, -0.05) is 11.6 Å². The van der Waals surface area contributed by atoms with E-state index in [4.69, 9.17) is 16.3 Å². The van der Waals surface area contributed by atoms with Gasteiger partial charge in [-0.3, -0.25) is 0 Å². The molecule has 78 valence electrons. The van der Waals surface area contributed by atoms with Crippen LogP contribution < -0.4 is 4.74 Å². The van der Waals surface area contributed by atoms with E-state index in [-0.39, 0.29) is 5.15 Å². The number of rotatable bonds is 2. The van der Waals surface area contributed by atoms with E-state index in [1.165, 1.54) is 6.20 Å². The van der Waals surface area contributed by atoms with Crippen molar-refractivity contribution >= 4 is 22.5 Å². The lowest BCUT2D eigenvalue weighted by molar-refractivity contribution is 0.339. The van der Waals surface area contributed by atoms with Crippen LogP contribution >= 0.6 is 11.6 Å². The van der Waals surface area contributed by atoms with Crippen LogP contribution in [0.25, 0.3) is 10.9 Å². The van der Waals surface area contributed by atoms with E-state index < -0.39 is 5.82 Å². The summed E-state index contributed by atoms with van der Waals surface area (Å²) >= 11 is 5.78. The van der Waals surface area contributed by atoms with Crippen LogP contribution in [0.2, 0.25) is 5.15 Å². The molecule has 0 fully saturated rings. The van der Waals surface area contributed by atoms with Gasteiger partial charge in [0.05, 0.1) is 19.0 Å². The molecule has 0 aliphatic heterocycles. The fourth-order valence-electron chi connectivity index (χ4n) is 1.28. The van der Waals surface area contributed by atoms with Crippen LogP contribution in [0.1, 0.15) is 6.92 Å². The summed E-state index contributed by atoms with van der Waals surface area (Å²) in [6, 6.07) is 1.56. The summed E-state index contributed by atoms with van der Waals surface area (Å²) in [5.74, 6) is 0.0645. The first-order chi connectivity index (χ1) is 7.22. The second-order valence-electron chi connectivity index (χ2n) is 2.90. The molecule has 2 aromatic rings. The number of fused-ring (bicyclic) bond motifs is 1. The van der Waals surface area contributed by atoms with Gasteiger partial charge >= 0.3 is 0 Å². The zero-order valence-corrected chi connectivity index (χ0v) is 8.75. The number of hydrogen-bond acceptors (Lipinski definition) is 3. The van der Waals surface area contributed by atoms with Gasteiger partial charge < -0.3 is 4.74 Å². The minimum atomic E-state index is -0.455. The van der Waals surface area contributed by atoms with Crippen LogP contribution in [0.5, 0.6) is 5.75 Å². The van der Waals surface area contributed by atoms with Gasteiger partial charge in [-0.05, 0) is 13.0 Å². The highest BCUT2D eigenvalue weighted by molar-refractivity contribution is 6.33. The molecule has 0 atom stereocenters. The zero-order chi connectivity index (χ0) is 10.8. The van der Waals surface area contributed by atoms with Gasteiger partial charge in [-0.2, -0.15) is 0 Å². The van der Waals surface area contributed by atoms with E-state index in [1.54, 1.807) is 6.07 Å². The maximum absolute atomic E-state index is 13.4. The predicted octanol–water partition coefficient (Wildman–Crippen LogP) is 2.82. The molecular formula is C10H8ClFN2O. The van der Waals surface area contributed by atoms with Crippen LogP contribution in [0, 0.1) is 5.82 Å². The molecule has 3 nitrogen and oxygen atoms in total. The highest BCUT2D eigenvalue weighted by Crippen LogP contribution is 2.24. The van der Waals surface area contributed by atoms with E-state index in [0.29, 0.717) is 23.3 Å². The van der Waals surface area contributed by atoms with Crippen molar-refractivity contribution in [2.24, 2.45) is 0 Å². The number of pyridine rings is 2. The van der Waals surface area contributed by atoms with Gasteiger partial charge in [0.2, 0.25) is 0 Å². The number of ether oxygens (including phenoxy) is 1. The van der Waals surface area contributed by atoms with Gasteiger partial charge in [0, 0.05) is 5.39 Å². The second kappa shape index (κ2) is 3.98. The summed E-state index contributed by atoms with van der Waals surface area (Å²) < 4.78 is 18.6. The predicted molar refractivity (Wildman–Crippen MR) is 55.7 cm³/mol. The molecule has 0 saturated heterocycles. The molecule has 0 bridgehead atoms. The van der Waals surface area contributed by atoms with E-state index in [1.807, 2.05) is 6.92 Å². The molecule has 2 aromatic heterocycles. The van der Waals surface area contributed by atoms with Crippen molar-refractivity contribution in [3.63, 3.8) is 0 Å². The molecule has 15 heavy (non-hydrogen) atoms. The monoisotopic (exact) mass is 226 g/mol. The first-order valence-electron chi connectivity index (χ1n) is 4.45. The molecule has 2 heterocycles. The quantitative estimate of drug-likeness (QED) is 0.739. The van der Waals surface area contributed by atoms with Gasteiger partial charge in [-0.15, -0.1) is 0 Å². The maximum Gasteiger partial charge on any atom is 0.155 e. The smallest absolute Gasteiger partial charge is 0.155 e. The molecule has 0 aliphatic carbocycles. The summed E-state index contributed by atoms with van der Waals surface area (Å²) in [5.41, 5.74) is 0.347. The Balaban J connectivity index is 2.65. The molecule has 0 N–H and O–H groups in total. The molecular weight excluding hydrogens is 219 g/mol. The van der Waals surface area contributed by atoms with Crippen molar-refractivity contribution in [2.75, 3.05) is 6.61 Å².